The largest absolute Gasteiger partial charge is 0.366 e. The number of aromatic nitrogens is 2. The normalized spacial score (nSPS) is 10.3. The van der Waals surface area contributed by atoms with Crippen molar-refractivity contribution in [3.05, 3.63) is 58.1 Å². The standard InChI is InChI=1S/C13H16N4O/c14-6-5-10-1-3-11(4-2-10)8-15-12-7-13(18)17-9-16-12/h1-4,7,9H,5-6,8,14H2,(H2,15,16,17,18). The third-order valence-corrected chi connectivity index (χ3v) is 2.61. The van der Waals surface area contributed by atoms with E-state index in [-0.39, 0.29) is 5.56 Å². The monoisotopic (exact) mass is 244 g/mol. The highest BCUT2D eigenvalue weighted by Crippen LogP contribution is 2.07. The summed E-state index contributed by atoms with van der Waals surface area (Å²) in [6.45, 7) is 1.30. The second-order valence-corrected chi connectivity index (χ2v) is 4.01. The maximum absolute atomic E-state index is 11.1. The Labute approximate surface area is 105 Å². The lowest BCUT2D eigenvalue weighted by Crippen LogP contribution is -2.09. The van der Waals surface area contributed by atoms with Gasteiger partial charge in [-0.3, -0.25) is 4.79 Å². The molecule has 0 spiro atoms. The molecule has 0 aliphatic rings. The fraction of sp³-hybridized carbons (Fsp3) is 0.231. The second-order valence-electron chi connectivity index (χ2n) is 4.01. The van der Waals surface area contributed by atoms with Gasteiger partial charge < -0.3 is 16.0 Å². The number of nitrogens with two attached hydrogens (primary N) is 1. The van der Waals surface area contributed by atoms with Gasteiger partial charge in [-0.1, -0.05) is 24.3 Å². The second kappa shape index (κ2) is 5.97. The van der Waals surface area contributed by atoms with Crippen LogP contribution >= 0.6 is 0 Å². The van der Waals surface area contributed by atoms with Crippen LogP contribution in [0.2, 0.25) is 0 Å². The zero-order chi connectivity index (χ0) is 12.8. The number of nitrogens with zero attached hydrogens (tertiary/aromatic N) is 1. The molecule has 5 nitrogen and oxygen atoms in total. The Morgan fingerprint density at radius 1 is 1.22 bits per heavy atom. The van der Waals surface area contributed by atoms with Crippen LogP contribution < -0.4 is 16.6 Å². The average molecular weight is 244 g/mol. The maximum atomic E-state index is 11.1. The van der Waals surface area contributed by atoms with E-state index in [1.54, 1.807) is 0 Å². The summed E-state index contributed by atoms with van der Waals surface area (Å²) in [4.78, 5) is 17.6. The molecular formula is C13H16N4O. The summed E-state index contributed by atoms with van der Waals surface area (Å²) >= 11 is 0. The summed E-state index contributed by atoms with van der Waals surface area (Å²) in [5.74, 6) is 0.574. The molecular weight excluding hydrogens is 228 g/mol. The molecule has 0 amide bonds. The third kappa shape index (κ3) is 3.43. The van der Waals surface area contributed by atoms with Crippen LogP contribution in [0.3, 0.4) is 0 Å². The van der Waals surface area contributed by atoms with E-state index in [0.29, 0.717) is 18.9 Å². The minimum absolute atomic E-state index is 0.161. The Morgan fingerprint density at radius 2 is 1.94 bits per heavy atom. The Hall–Kier alpha value is -2.14. The van der Waals surface area contributed by atoms with Crippen LogP contribution in [0, 0.1) is 0 Å². The predicted octanol–water partition coefficient (Wildman–Crippen LogP) is 0.883. The van der Waals surface area contributed by atoms with Crippen LogP contribution in [0.1, 0.15) is 11.1 Å². The van der Waals surface area contributed by atoms with Gasteiger partial charge in [-0.05, 0) is 24.1 Å². The minimum atomic E-state index is -0.161. The first kappa shape index (κ1) is 12.3. The molecule has 5 heteroatoms. The number of rotatable bonds is 5. The number of benzene rings is 1. The van der Waals surface area contributed by atoms with E-state index in [2.05, 4.69) is 27.4 Å². The van der Waals surface area contributed by atoms with Gasteiger partial charge in [0.25, 0.3) is 5.56 Å². The van der Waals surface area contributed by atoms with Crippen LogP contribution in [-0.4, -0.2) is 16.5 Å². The summed E-state index contributed by atoms with van der Waals surface area (Å²) in [5.41, 5.74) is 7.70. The molecule has 0 aliphatic heterocycles. The summed E-state index contributed by atoms with van der Waals surface area (Å²) in [6, 6.07) is 9.66. The van der Waals surface area contributed by atoms with Gasteiger partial charge in [-0.25, -0.2) is 4.98 Å². The van der Waals surface area contributed by atoms with Crippen LogP contribution in [0.15, 0.2) is 41.5 Å². The fourth-order valence-corrected chi connectivity index (χ4v) is 1.65. The van der Waals surface area contributed by atoms with E-state index in [9.17, 15) is 4.79 Å². The van der Waals surface area contributed by atoms with Gasteiger partial charge in [0, 0.05) is 12.6 Å². The Morgan fingerprint density at radius 3 is 2.61 bits per heavy atom. The van der Waals surface area contributed by atoms with Crippen LogP contribution in [-0.2, 0) is 13.0 Å². The highest BCUT2D eigenvalue weighted by atomic mass is 16.1. The quantitative estimate of drug-likeness (QED) is 0.729. The number of hydrogen-bond acceptors (Lipinski definition) is 4. The lowest BCUT2D eigenvalue weighted by atomic mass is 10.1. The Balaban J connectivity index is 1.95. The van der Waals surface area contributed by atoms with Gasteiger partial charge in [0.1, 0.15) is 5.82 Å². The van der Waals surface area contributed by atoms with Gasteiger partial charge in [0.05, 0.1) is 6.33 Å². The van der Waals surface area contributed by atoms with Crippen molar-refractivity contribution >= 4 is 5.82 Å². The summed E-state index contributed by atoms with van der Waals surface area (Å²) < 4.78 is 0. The van der Waals surface area contributed by atoms with Crippen molar-refractivity contribution in [2.75, 3.05) is 11.9 Å². The van der Waals surface area contributed by atoms with Crippen molar-refractivity contribution in [1.82, 2.24) is 9.97 Å². The van der Waals surface area contributed by atoms with Crippen LogP contribution in [0.5, 0.6) is 0 Å². The maximum Gasteiger partial charge on any atom is 0.252 e. The topological polar surface area (TPSA) is 83.8 Å². The average Bonchev–Trinajstić information content (AvgIpc) is 2.38. The van der Waals surface area contributed by atoms with Crippen molar-refractivity contribution in [2.24, 2.45) is 5.73 Å². The molecule has 0 unspecified atom stereocenters. The molecule has 2 aromatic rings. The molecule has 1 aromatic carbocycles. The third-order valence-electron chi connectivity index (χ3n) is 2.61. The molecule has 0 aliphatic carbocycles. The van der Waals surface area contributed by atoms with E-state index in [0.717, 1.165) is 12.0 Å². The first-order valence-corrected chi connectivity index (χ1v) is 5.84. The number of anilines is 1. The van der Waals surface area contributed by atoms with E-state index < -0.39 is 0 Å². The van der Waals surface area contributed by atoms with E-state index >= 15 is 0 Å². The molecule has 18 heavy (non-hydrogen) atoms. The van der Waals surface area contributed by atoms with Crippen molar-refractivity contribution in [1.29, 1.82) is 0 Å². The van der Waals surface area contributed by atoms with Crippen molar-refractivity contribution < 1.29 is 0 Å². The van der Waals surface area contributed by atoms with E-state index in [1.165, 1.54) is 18.0 Å². The Bertz CT molecular complexity index is 547. The molecule has 0 radical (unpaired) electrons. The summed E-state index contributed by atoms with van der Waals surface area (Å²) in [7, 11) is 0. The van der Waals surface area contributed by atoms with Crippen molar-refractivity contribution in [3.63, 3.8) is 0 Å². The number of hydrogen-bond donors (Lipinski definition) is 3. The molecule has 1 heterocycles. The lowest BCUT2D eigenvalue weighted by Gasteiger charge is -2.06. The molecule has 0 atom stereocenters. The molecule has 0 saturated heterocycles. The SMILES string of the molecule is NCCc1ccc(CNc2cc(=O)[nH]cn2)cc1. The highest BCUT2D eigenvalue weighted by molar-refractivity contribution is 5.34. The zero-order valence-corrected chi connectivity index (χ0v) is 10.0. The van der Waals surface area contributed by atoms with Gasteiger partial charge in [-0.15, -0.1) is 0 Å². The van der Waals surface area contributed by atoms with E-state index in [1.807, 2.05) is 12.1 Å². The molecule has 1 aromatic heterocycles. The molecule has 2 rings (SSSR count). The summed E-state index contributed by atoms with van der Waals surface area (Å²) in [5, 5.41) is 3.10. The highest BCUT2D eigenvalue weighted by Gasteiger charge is 1.97. The zero-order valence-electron chi connectivity index (χ0n) is 10.0. The smallest absolute Gasteiger partial charge is 0.252 e. The van der Waals surface area contributed by atoms with Crippen LogP contribution in [0.4, 0.5) is 5.82 Å². The Kier molecular flexibility index (Phi) is 4.09. The first-order chi connectivity index (χ1) is 8.78. The first-order valence-electron chi connectivity index (χ1n) is 5.84. The van der Waals surface area contributed by atoms with Gasteiger partial charge in [0.15, 0.2) is 0 Å². The molecule has 0 bridgehead atoms. The van der Waals surface area contributed by atoms with Crippen molar-refractivity contribution in [2.45, 2.75) is 13.0 Å². The van der Waals surface area contributed by atoms with Gasteiger partial charge in [0.2, 0.25) is 0 Å². The minimum Gasteiger partial charge on any atom is -0.366 e. The van der Waals surface area contributed by atoms with Crippen LogP contribution in [0.25, 0.3) is 0 Å². The van der Waals surface area contributed by atoms with E-state index in [4.69, 9.17) is 5.73 Å². The summed E-state index contributed by atoms with van der Waals surface area (Å²) in [6.07, 6.45) is 2.28. The molecule has 4 N–H and O–H groups in total. The fourth-order valence-electron chi connectivity index (χ4n) is 1.65. The molecule has 94 valence electrons. The molecule has 0 saturated carbocycles. The van der Waals surface area contributed by atoms with Crippen molar-refractivity contribution in [3.8, 4) is 0 Å². The number of aromatic amines is 1. The molecule has 0 fully saturated rings. The van der Waals surface area contributed by atoms with Gasteiger partial charge in [-0.2, -0.15) is 0 Å². The predicted molar refractivity (Wildman–Crippen MR) is 71.4 cm³/mol. The number of nitrogens with one attached hydrogen (secondary N) is 2. The number of H-pyrrole nitrogens is 1. The lowest BCUT2D eigenvalue weighted by molar-refractivity contribution is 0.965. The van der Waals surface area contributed by atoms with Gasteiger partial charge >= 0.3 is 0 Å².